The number of aromatic nitrogens is 2. The van der Waals surface area contributed by atoms with Crippen molar-refractivity contribution in [1.82, 2.24) is 15.1 Å². The summed E-state index contributed by atoms with van der Waals surface area (Å²) in [6.07, 6.45) is 11.8. The predicted octanol–water partition coefficient (Wildman–Crippen LogP) is 2.13. The topological polar surface area (TPSA) is 39.1 Å². The molecular weight excluding hydrogens is 214 g/mol. The van der Waals surface area contributed by atoms with Crippen molar-refractivity contribution in [3.05, 3.63) is 12.4 Å². The second-order valence-electron chi connectivity index (χ2n) is 5.16. The molecule has 0 spiro atoms. The molecule has 4 nitrogen and oxygen atoms in total. The number of nitrogens with one attached hydrogen (secondary N) is 1. The maximum absolute atomic E-state index is 5.97. The molecule has 2 fully saturated rings. The van der Waals surface area contributed by atoms with Crippen molar-refractivity contribution >= 4 is 0 Å². The summed E-state index contributed by atoms with van der Waals surface area (Å²) >= 11 is 0. The molecule has 0 bridgehead atoms. The summed E-state index contributed by atoms with van der Waals surface area (Å²) in [5.41, 5.74) is 0. The second-order valence-corrected chi connectivity index (χ2v) is 5.16. The van der Waals surface area contributed by atoms with Gasteiger partial charge < -0.3 is 10.1 Å². The Kier molecular flexibility index (Phi) is 3.31. The van der Waals surface area contributed by atoms with E-state index in [4.69, 9.17) is 4.74 Å². The van der Waals surface area contributed by atoms with Gasteiger partial charge in [-0.15, -0.1) is 0 Å². The van der Waals surface area contributed by atoms with Gasteiger partial charge in [-0.2, -0.15) is 5.10 Å². The van der Waals surface area contributed by atoms with Crippen LogP contribution < -0.4 is 10.1 Å². The Hall–Kier alpha value is -1.03. The zero-order valence-corrected chi connectivity index (χ0v) is 10.3. The van der Waals surface area contributed by atoms with Crippen molar-refractivity contribution in [3.63, 3.8) is 0 Å². The molecular formula is C13H21N3O. The van der Waals surface area contributed by atoms with Gasteiger partial charge in [-0.1, -0.05) is 12.8 Å². The van der Waals surface area contributed by atoms with Crippen LogP contribution >= 0.6 is 0 Å². The number of nitrogens with zero attached hydrogens (tertiary/aromatic N) is 2. The van der Waals surface area contributed by atoms with Crippen LogP contribution in [0, 0.1) is 0 Å². The maximum atomic E-state index is 5.97. The average molecular weight is 235 g/mol. The highest BCUT2D eigenvalue weighted by atomic mass is 16.5. The molecule has 1 aromatic rings. The van der Waals surface area contributed by atoms with Crippen LogP contribution in [0.15, 0.2) is 12.4 Å². The van der Waals surface area contributed by atoms with Gasteiger partial charge in [0.05, 0.1) is 18.4 Å². The molecule has 0 amide bonds. The van der Waals surface area contributed by atoms with E-state index in [-0.39, 0.29) is 0 Å². The standard InChI is InChI=1S/C13H21N3O/c1-2-4-11(3-1)16-10-13(9-15-16)17-12-5-7-14-8-6-12/h9-12,14H,1-8H2. The summed E-state index contributed by atoms with van der Waals surface area (Å²) in [5.74, 6) is 0.948. The molecule has 1 N–H and O–H groups in total. The van der Waals surface area contributed by atoms with E-state index in [0.29, 0.717) is 12.1 Å². The molecule has 1 saturated carbocycles. The first-order valence-electron chi connectivity index (χ1n) is 6.83. The van der Waals surface area contributed by atoms with Crippen LogP contribution in [0.2, 0.25) is 0 Å². The molecule has 94 valence electrons. The predicted molar refractivity (Wildman–Crippen MR) is 66.3 cm³/mol. The third-order valence-corrected chi connectivity index (χ3v) is 3.87. The van der Waals surface area contributed by atoms with Crippen LogP contribution in [0.5, 0.6) is 5.75 Å². The third-order valence-electron chi connectivity index (χ3n) is 3.87. The lowest BCUT2D eigenvalue weighted by atomic mass is 10.1. The minimum Gasteiger partial charge on any atom is -0.487 e. The van der Waals surface area contributed by atoms with E-state index in [9.17, 15) is 0 Å². The fourth-order valence-corrected chi connectivity index (χ4v) is 2.86. The van der Waals surface area contributed by atoms with Gasteiger partial charge in [0.1, 0.15) is 6.10 Å². The van der Waals surface area contributed by atoms with Crippen molar-refractivity contribution in [1.29, 1.82) is 0 Å². The number of rotatable bonds is 3. The molecule has 0 atom stereocenters. The van der Waals surface area contributed by atoms with E-state index in [2.05, 4.69) is 21.3 Å². The molecule has 0 radical (unpaired) electrons. The molecule has 1 saturated heterocycles. The number of piperidine rings is 1. The summed E-state index contributed by atoms with van der Waals surface area (Å²) < 4.78 is 8.07. The largest absolute Gasteiger partial charge is 0.487 e. The van der Waals surface area contributed by atoms with Crippen molar-refractivity contribution in [3.8, 4) is 5.75 Å². The third kappa shape index (κ3) is 2.63. The van der Waals surface area contributed by atoms with Crippen molar-refractivity contribution in [2.75, 3.05) is 13.1 Å². The van der Waals surface area contributed by atoms with E-state index >= 15 is 0 Å². The van der Waals surface area contributed by atoms with Crippen LogP contribution in [-0.4, -0.2) is 29.0 Å². The number of hydrogen-bond donors (Lipinski definition) is 1. The number of ether oxygens (including phenoxy) is 1. The van der Waals surface area contributed by atoms with Gasteiger partial charge in [-0.3, -0.25) is 4.68 Å². The summed E-state index contributed by atoms with van der Waals surface area (Å²) in [4.78, 5) is 0. The summed E-state index contributed by atoms with van der Waals surface area (Å²) in [6, 6.07) is 0.611. The lowest BCUT2D eigenvalue weighted by Crippen LogP contribution is -2.34. The van der Waals surface area contributed by atoms with Crippen LogP contribution in [0.3, 0.4) is 0 Å². The zero-order valence-electron chi connectivity index (χ0n) is 10.3. The van der Waals surface area contributed by atoms with Crippen molar-refractivity contribution in [2.45, 2.75) is 50.7 Å². The normalized spacial score (nSPS) is 23.1. The quantitative estimate of drug-likeness (QED) is 0.872. The Morgan fingerprint density at radius 2 is 1.94 bits per heavy atom. The fourth-order valence-electron chi connectivity index (χ4n) is 2.86. The molecule has 3 rings (SSSR count). The summed E-state index contributed by atoms with van der Waals surface area (Å²) in [5, 5.41) is 7.79. The Morgan fingerprint density at radius 1 is 1.18 bits per heavy atom. The van der Waals surface area contributed by atoms with E-state index < -0.39 is 0 Å². The second kappa shape index (κ2) is 5.08. The highest BCUT2D eigenvalue weighted by Gasteiger charge is 2.19. The van der Waals surface area contributed by atoms with Crippen LogP contribution in [0.4, 0.5) is 0 Å². The van der Waals surface area contributed by atoms with E-state index in [1.807, 2.05) is 6.20 Å². The van der Waals surface area contributed by atoms with Gasteiger partial charge >= 0.3 is 0 Å². The molecule has 1 aromatic heterocycles. The Morgan fingerprint density at radius 3 is 2.71 bits per heavy atom. The first-order valence-corrected chi connectivity index (χ1v) is 6.83. The molecule has 2 aliphatic rings. The van der Waals surface area contributed by atoms with E-state index in [1.165, 1.54) is 25.7 Å². The molecule has 4 heteroatoms. The zero-order chi connectivity index (χ0) is 11.5. The monoisotopic (exact) mass is 235 g/mol. The fraction of sp³-hybridized carbons (Fsp3) is 0.769. The van der Waals surface area contributed by atoms with Crippen molar-refractivity contribution < 1.29 is 4.74 Å². The van der Waals surface area contributed by atoms with Crippen molar-refractivity contribution in [2.24, 2.45) is 0 Å². The van der Waals surface area contributed by atoms with Gasteiger partial charge in [0.25, 0.3) is 0 Å². The van der Waals surface area contributed by atoms with Crippen LogP contribution in [-0.2, 0) is 0 Å². The van der Waals surface area contributed by atoms with Crippen LogP contribution in [0.25, 0.3) is 0 Å². The molecule has 17 heavy (non-hydrogen) atoms. The van der Waals surface area contributed by atoms with E-state index in [0.717, 1.165) is 31.7 Å². The minimum atomic E-state index is 0.373. The number of hydrogen-bond acceptors (Lipinski definition) is 3. The van der Waals surface area contributed by atoms with E-state index in [1.54, 1.807) is 0 Å². The molecule has 0 unspecified atom stereocenters. The Bertz CT molecular complexity index is 351. The Balaban J connectivity index is 1.59. The molecule has 1 aliphatic carbocycles. The van der Waals surface area contributed by atoms with Crippen LogP contribution in [0.1, 0.15) is 44.6 Å². The maximum Gasteiger partial charge on any atom is 0.157 e. The molecule has 2 heterocycles. The van der Waals surface area contributed by atoms with Gasteiger partial charge in [0.15, 0.2) is 5.75 Å². The SMILES string of the molecule is c1nn(C2CCCC2)cc1OC1CCNCC1. The first kappa shape index (κ1) is 11.1. The minimum absolute atomic E-state index is 0.373. The Labute approximate surface area is 102 Å². The molecule has 0 aromatic carbocycles. The van der Waals surface area contributed by atoms with Gasteiger partial charge in [0, 0.05) is 0 Å². The average Bonchev–Trinajstić information content (AvgIpc) is 3.00. The summed E-state index contributed by atoms with van der Waals surface area (Å²) in [6.45, 7) is 2.14. The summed E-state index contributed by atoms with van der Waals surface area (Å²) in [7, 11) is 0. The lowest BCUT2D eigenvalue weighted by molar-refractivity contribution is 0.162. The van der Waals surface area contributed by atoms with Gasteiger partial charge in [-0.25, -0.2) is 0 Å². The van der Waals surface area contributed by atoms with Gasteiger partial charge in [0.2, 0.25) is 0 Å². The smallest absolute Gasteiger partial charge is 0.157 e. The highest BCUT2D eigenvalue weighted by molar-refractivity contribution is 5.13. The first-order chi connectivity index (χ1) is 8.42. The lowest BCUT2D eigenvalue weighted by Gasteiger charge is -2.22. The van der Waals surface area contributed by atoms with Gasteiger partial charge in [-0.05, 0) is 38.8 Å². The molecule has 1 aliphatic heterocycles. The highest BCUT2D eigenvalue weighted by Crippen LogP contribution is 2.30.